The van der Waals surface area contributed by atoms with E-state index in [0.717, 1.165) is 0 Å². The molecule has 0 bridgehead atoms. The molecule has 0 fully saturated rings. The van der Waals surface area contributed by atoms with Crippen LogP contribution in [0.15, 0.2) is 16.4 Å². The Bertz CT molecular complexity index is 217. The summed E-state index contributed by atoms with van der Waals surface area (Å²) in [5, 5.41) is 2.78. The molecule has 0 atom stereocenters. The van der Waals surface area contributed by atoms with Gasteiger partial charge in [0.15, 0.2) is 0 Å². The minimum atomic E-state index is -0.401. The average Bonchev–Trinajstić information content (AvgIpc) is 2.33. The van der Waals surface area contributed by atoms with Gasteiger partial charge < -0.3 is 11.1 Å². The largest absolute Gasteiger partial charge is 0.373 e. The van der Waals surface area contributed by atoms with E-state index < -0.39 is 5.91 Å². The summed E-state index contributed by atoms with van der Waals surface area (Å²) in [4.78, 5) is 14.5. The molecule has 0 saturated heterocycles. The van der Waals surface area contributed by atoms with Crippen molar-refractivity contribution >= 4 is 12.1 Å². The first kappa shape index (κ1) is 6.80. The van der Waals surface area contributed by atoms with Crippen molar-refractivity contribution in [3.05, 3.63) is 11.4 Å². The van der Waals surface area contributed by atoms with E-state index in [2.05, 4.69) is 10.3 Å². The number of primary amides is 1. The highest BCUT2D eigenvalue weighted by atomic mass is 16.1. The van der Waals surface area contributed by atoms with E-state index in [0.29, 0.717) is 17.8 Å². The Morgan fingerprint density at radius 1 is 1.90 bits per heavy atom. The molecule has 0 aromatic carbocycles. The van der Waals surface area contributed by atoms with Gasteiger partial charge in [0.25, 0.3) is 0 Å². The van der Waals surface area contributed by atoms with Crippen LogP contribution < -0.4 is 11.1 Å². The first-order valence-electron chi connectivity index (χ1n) is 2.99. The molecule has 54 valence electrons. The SMILES string of the molecule is CNC1=C(C(N)=O)CC=N1. The van der Waals surface area contributed by atoms with Crippen molar-refractivity contribution in [2.24, 2.45) is 10.7 Å². The van der Waals surface area contributed by atoms with Crippen molar-refractivity contribution in [3.63, 3.8) is 0 Å². The number of aliphatic imine (C=N–C) groups is 1. The number of nitrogens with zero attached hydrogens (tertiary/aromatic N) is 1. The number of nitrogens with one attached hydrogen (secondary N) is 1. The number of hydrogen-bond acceptors (Lipinski definition) is 3. The van der Waals surface area contributed by atoms with Crippen LogP contribution in [-0.4, -0.2) is 19.2 Å². The van der Waals surface area contributed by atoms with E-state index in [4.69, 9.17) is 5.73 Å². The molecule has 0 aromatic rings. The third kappa shape index (κ3) is 1.00. The zero-order valence-corrected chi connectivity index (χ0v) is 5.72. The molecular weight excluding hydrogens is 130 g/mol. The highest BCUT2D eigenvalue weighted by Crippen LogP contribution is 2.11. The number of carbonyl (C=O) groups is 1. The molecule has 0 radical (unpaired) electrons. The second-order valence-electron chi connectivity index (χ2n) is 1.96. The molecule has 1 amide bonds. The third-order valence-electron chi connectivity index (χ3n) is 1.34. The number of carbonyl (C=O) groups excluding carboxylic acids is 1. The van der Waals surface area contributed by atoms with Crippen molar-refractivity contribution in [1.29, 1.82) is 0 Å². The molecular formula is C6H9N3O. The molecule has 0 saturated carbocycles. The predicted molar refractivity (Wildman–Crippen MR) is 38.4 cm³/mol. The van der Waals surface area contributed by atoms with Gasteiger partial charge in [-0.05, 0) is 0 Å². The van der Waals surface area contributed by atoms with Gasteiger partial charge in [-0.3, -0.25) is 4.79 Å². The zero-order valence-electron chi connectivity index (χ0n) is 5.72. The van der Waals surface area contributed by atoms with E-state index in [1.165, 1.54) is 0 Å². The standard InChI is InChI=1S/C6H9N3O/c1-8-6-4(5(7)10)2-3-9-6/h3,8H,2H2,1H3,(H2,7,10). The highest BCUT2D eigenvalue weighted by molar-refractivity contribution is 5.97. The fraction of sp³-hybridized carbons (Fsp3) is 0.333. The van der Waals surface area contributed by atoms with Gasteiger partial charge in [-0.15, -0.1) is 0 Å². The third-order valence-corrected chi connectivity index (χ3v) is 1.34. The molecule has 1 aliphatic heterocycles. The maximum atomic E-state index is 10.6. The van der Waals surface area contributed by atoms with Crippen LogP contribution in [0.5, 0.6) is 0 Å². The lowest BCUT2D eigenvalue weighted by Gasteiger charge is -1.98. The van der Waals surface area contributed by atoms with Crippen molar-refractivity contribution in [1.82, 2.24) is 5.32 Å². The van der Waals surface area contributed by atoms with Crippen molar-refractivity contribution < 1.29 is 4.79 Å². The van der Waals surface area contributed by atoms with Gasteiger partial charge in [-0.1, -0.05) is 0 Å². The van der Waals surface area contributed by atoms with Gasteiger partial charge in [0.2, 0.25) is 5.91 Å². The van der Waals surface area contributed by atoms with E-state index in [1.807, 2.05) is 0 Å². The maximum absolute atomic E-state index is 10.6. The molecule has 4 heteroatoms. The monoisotopic (exact) mass is 139 g/mol. The summed E-state index contributed by atoms with van der Waals surface area (Å²) in [5.41, 5.74) is 5.60. The lowest BCUT2D eigenvalue weighted by atomic mass is 10.2. The molecule has 0 spiro atoms. The predicted octanol–water partition coefficient (Wildman–Crippen LogP) is -0.623. The van der Waals surface area contributed by atoms with Gasteiger partial charge in [-0.2, -0.15) is 0 Å². The van der Waals surface area contributed by atoms with Gasteiger partial charge in [0, 0.05) is 19.7 Å². The topological polar surface area (TPSA) is 67.5 Å². The number of rotatable bonds is 2. The van der Waals surface area contributed by atoms with Crippen LogP contribution >= 0.6 is 0 Å². The summed E-state index contributed by atoms with van der Waals surface area (Å²) >= 11 is 0. The quantitative estimate of drug-likeness (QED) is 0.535. The second-order valence-corrected chi connectivity index (χ2v) is 1.96. The van der Waals surface area contributed by atoms with Gasteiger partial charge in [0.1, 0.15) is 5.82 Å². The number of nitrogens with two attached hydrogens (primary N) is 1. The second kappa shape index (κ2) is 2.51. The van der Waals surface area contributed by atoms with E-state index in [9.17, 15) is 4.79 Å². The summed E-state index contributed by atoms with van der Waals surface area (Å²) in [7, 11) is 1.71. The van der Waals surface area contributed by atoms with Crippen LogP contribution in [0, 0.1) is 0 Å². The molecule has 1 aliphatic rings. The Morgan fingerprint density at radius 2 is 2.60 bits per heavy atom. The van der Waals surface area contributed by atoms with Crippen molar-refractivity contribution in [2.45, 2.75) is 6.42 Å². The molecule has 0 unspecified atom stereocenters. The summed E-state index contributed by atoms with van der Waals surface area (Å²) in [5.74, 6) is 0.189. The highest BCUT2D eigenvalue weighted by Gasteiger charge is 2.13. The molecule has 1 heterocycles. The number of hydrogen-bond donors (Lipinski definition) is 2. The smallest absolute Gasteiger partial charge is 0.248 e. The number of amides is 1. The van der Waals surface area contributed by atoms with Crippen LogP contribution in [0.3, 0.4) is 0 Å². The van der Waals surface area contributed by atoms with Gasteiger partial charge in [0.05, 0.1) is 5.57 Å². The van der Waals surface area contributed by atoms with E-state index in [1.54, 1.807) is 13.3 Å². The molecule has 3 N–H and O–H groups in total. The van der Waals surface area contributed by atoms with Crippen LogP contribution in [0.25, 0.3) is 0 Å². The van der Waals surface area contributed by atoms with Crippen molar-refractivity contribution in [2.75, 3.05) is 7.05 Å². The fourth-order valence-electron chi connectivity index (χ4n) is 0.836. The summed E-state index contributed by atoms with van der Waals surface area (Å²) in [6.07, 6.45) is 2.21. The Kier molecular flexibility index (Phi) is 1.71. The minimum Gasteiger partial charge on any atom is -0.373 e. The lowest BCUT2D eigenvalue weighted by molar-refractivity contribution is -0.114. The minimum absolute atomic E-state index is 0.401. The van der Waals surface area contributed by atoms with Crippen LogP contribution in [0.1, 0.15) is 6.42 Å². The molecule has 0 aliphatic carbocycles. The van der Waals surface area contributed by atoms with Crippen LogP contribution in [0.4, 0.5) is 0 Å². The van der Waals surface area contributed by atoms with Crippen LogP contribution in [0.2, 0.25) is 0 Å². The normalized spacial score (nSPS) is 16.1. The van der Waals surface area contributed by atoms with Crippen LogP contribution in [-0.2, 0) is 4.79 Å². The van der Waals surface area contributed by atoms with Gasteiger partial charge in [-0.25, -0.2) is 4.99 Å². The Morgan fingerprint density at radius 3 is 3.00 bits per heavy atom. The molecule has 10 heavy (non-hydrogen) atoms. The Labute approximate surface area is 58.8 Å². The Balaban J connectivity index is 2.85. The first-order valence-corrected chi connectivity index (χ1v) is 2.99. The summed E-state index contributed by atoms with van der Waals surface area (Å²) < 4.78 is 0. The van der Waals surface area contributed by atoms with Crippen molar-refractivity contribution in [3.8, 4) is 0 Å². The van der Waals surface area contributed by atoms with Gasteiger partial charge >= 0.3 is 0 Å². The van der Waals surface area contributed by atoms with E-state index in [-0.39, 0.29) is 0 Å². The molecule has 4 nitrogen and oxygen atoms in total. The zero-order chi connectivity index (χ0) is 7.56. The fourth-order valence-corrected chi connectivity index (χ4v) is 0.836. The van der Waals surface area contributed by atoms with E-state index >= 15 is 0 Å². The summed E-state index contributed by atoms with van der Waals surface area (Å²) in [6.45, 7) is 0. The molecule has 0 aromatic heterocycles. The summed E-state index contributed by atoms with van der Waals surface area (Å²) in [6, 6.07) is 0. The average molecular weight is 139 g/mol. The first-order chi connectivity index (χ1) is 4.75. The lowest BCUT2D eigenvalue weighted by Crippen LogP contribution is -2.17. The maximum Gasteiger partial charge on any atom is 0.248 e. The molecule has 1 rings (SSSR count). The Hall–Kier alpha value is -1.32.